The summed E-state index contributed by atoms with van der Waals surface area (Å²) in [4.78, 5) is 14.2. The Labute approximate surface area is 100 Å². The van der Waals surface area contributed by atoms with Crippen molar-refractivity contribution in [3.8, 4) is 0 Å². The van der Waals surface area contributed by atoms with Crippen LogP contribution in [0.15, 0.2) is 0 Å². The highest BCUT2D eigenvalue weighted by Gasteiger charge is 2.32. The van der Waals surface area contributed by atoms with Gasteiger partial charge in [0.25, 0.3) is 5.91 Å². The van der Waals surface area contributed by atoms with Gasteiger partial charge >= 0.3 is 0 Å². The van der Waals surface area contributed by atoms with Crippen molar-refractivity contribution in [3.05, 3.63) is 0 Å². The second kappa shape index (κ2) is 5.85. The molecule has 0 aromatic heterocycles. The Kier molecular flexibility index (Phi) is 5.06. The number of hydrogen-bond donors (Lipinski definition) is 0. The monoisotopic (exact) mass is 277 g/mol. The van der Waals surface area contributed by atoms with E-state index >= 15 is 0 Å². The van der Waals surface area contributed by atoms with E-state index in [1.54, 1.807) is 4.90 Å². The van der Waals surface area contributed by atoms with E-state index in [2.05, 4.69) is 29.8 Å². The smallest absolute Gasteiger partial charge is 0.251 e. The van der Waals surface area contributed by atoms with Crippen LogP contribution in [0.3, 0.4) is 0 Å². The Balaban J connectivity index is 2.38. The zero-order valence-electron chi connectivity index (χ0n) is 9.70. The van der Waals surface area contributed by atoms with Crippen LogP contribution >= 0.6 is 15.9 Å². The van der Waals surface area contributed by atoms with Gasteiger partial charge in [-0.2, -0.15) is 0 Å². The molecule has 0 N–H and O–H groups in total. The van der Waals surface area contributed by atoms with Crippen LogP contribution in [-0.2, 0) is 9.53 Å². The first-order valence-electron chi connectivity index (χ1n) is 5.53. The Morgan fingerprint density at radius 1 is 1.67 bits per heavy atom. The Bertz CT molecular complexity index is 221. The molecule has 0 radical (unpaired) electrons. The van der Waals surface area contributed by atoms with Crippen LogP contribution in [0, 0.1) is 5.92 Å². The number of nitrogens with zero attached hydrogens (tertiary/aromatic N) is 1. The number of hydrogen-bond acceptors (Lipinski definition) is 2. The lowest BCUT2D eigenvalue weighted by molar-refractivity contribution is -0.141. The Hall–Kier alpha value is -0.0900. The fraction of sp³-hybridized carbons (Fsp3) is 0.909. The van der Waals surface area contributed by atoms with E-state index in [0.717, 1.165) is 26.0 Å². The zero-order valence-corrected chi connectivity index (χ0v) is 11.3. The second-order valence-corrected chi connectivity index (χ2v) is 5.95. The van der Waals surface area contributed by atoms with E-state index in [0.29, 0.717) is 10.7 Å². The highest BCUT2D eigenvalue weighted by molar-refractivity contribution is 9.09. The summed E-state index contributed by atoms with van der Waals surface area (Å²) < 4.78 is 5.45. The van der Waals surface area contributed by atoms with Gasteiger partial charge in [0.05, 0.1) is 0 Å². The molecule has 1 saturated heterocycles. The second-order valence-electron chi connectivity index (χ2n) is 4.39. The highest BCUT2D eigenvalue weighted by Crippen LogP contribution is 2.21. The van der Waals surface area contributed by atoms with E-state index in [4.69, 9.17) is 4.74 Å². The molecule has 0 aromatic carbocycles. The summed E-state index contributed by atoms with van der Waals surface area (Å²) in [5, 5.41) is 0. The van der Waals surface area contributed by atoms with Crippen molar-refractivity contribution in [3.63, 3.8) is 0 Å². The lowest BCUT2D eigenvalue weighted by Crippen LogP contribution is -2.39. The number of alkyl halides is 1. The maximum Gasteiger partial charge on any atom is 0.251 e. The van der Waals surface area contributed by atoms with E-state index in [-0.39, 0.29) is 12.0 Å². The van der Waals surface area contributed by atoms with Crippen molar-refractivity contribution in [2.45, 2.75) is 37.6 Å². The first-order valence-corrected chi connectivity index (χ1v) is 6.44. The lowest BCUT2D eigenvalue weighted by atomic mass is 10.0. The van der Waals surface area contributed by atoms with E-state index in [9.17, 15) is 4.79 Å². The molecule has 1 heterocycles. The third-order valence-corrected chi connectivity index (χ3v) is 3.33. The first-order chi connectivity index (χ1) is 7.02. The molecule has 4 heteroatoms. The molecule has 1 rings (SSSR count). The predicted molar refractivity (Wildman–Crippen MR) is 64.2 cm³/mol. The molecule has 0 bridgehead atoms. The Morgan fingerprint density at radius 3 is 2.80 bits per heavy atom. The summed E-state index contributed by atoms with van der Waals surface area (Å²) in [6.07, 6.45) is 1.77. The molecule has 1 aliphatic heterocycles. The van der Waals surface area contributed by atoms with Crippen LogP contribution in [0.25, 0.3) is 0 Å². The van der Waals surface area contributed by atoms with Gasteiger partial charge < -0.3 is 9.64 Å². The summed E-state index contributed by atoms with van der Waals surface area (Å²) in [5.41, 5.74) is 0. The average Bonchev–Trinajstić information content (AvgIpc) is 2.59. The number of carbonyl (C=O) groups is 1. The average molecular weight is 278 g/mol. The molecular formula is C11H20BrNO2. The first kappa shape index (κ1) is 13.0. The van der Waals surface area contributed by atoms with E-state index in [1.807, 2.05) is 7.05 Å². The van der Waals surface area contributed by atoms with Gasteiger partial charge in [-0.3, -0.25) is 4.79 Å². The molecule has 3 unspecified atom stereocenters. The van der Waals surface area contributed by atoms with Gasteiger partial charge in [0.15, 0.2) is 0 Å². The third-order valence-electron chi connectivity index (χ3n) is 2.87. The summed E-state index contributed by atoms with van der Waals surface area (Å²) in [7, 11) is 1.85. The molecule has 0 saturated carbocycles. The fourth-order valence-corrected chi connectivity index (χ4v) is 1.91. The van der Waals surface area contributed by atoms with Gasteiger partial charge in [-0.1, -0.05) is 29.8 Å². The fourth-order valence-electron chi connectivity index (χ4n) is 1.71. The van der Waals surface area contributed by atoms with Crippen molar-refractivity contribution < 1.29 is 9.53 Å². The van der Waals surface area contributed by atoms with Crippen LogP contribution in [0.5, 0.6) is 0 Å². The number of halogens is 1. The van der Waals surface area contributed by atoms with Gasteiger partial charge in [-0.15, -0.1) is 0 Å². The molecule has 88 valence electrons. The van der Waals surface area contributed by atoms with Crippen molar-refractivity contribution in [1.82, 2.24) is 4.90 Å². The van der Waals surface area contributed by atoms with Crippen LogP contribution in [-0.4, -0.2) is 41.9 Å². The maximum atomic E-state index is 12.0. The SMILES string of the molecule is CC(Br)CCN(C)C(=O)C1OCCC1C. The minimum Gasteiger partial charge on any atom is -0.368 e. The minimum absolute atomic E-state index is 0.133. The third kappa shape index (κ3) is 3.76. The topological polar surface area (TPSA) is 29.5 Å². The largest absolute Gasteiger partial charge is 0.368 e. The standard InChI is InChI=1S/C11H20BrNO2/c1-8-5-7-15-10(8)11(14)13(3)6-4-9(2)12/h8-10H,4-7H2,1-3H3. The highest BCUT2D eigenvalue weighted by atomic mass is 79.9. The van der Waals surface area contributed by atoms with E-state index < -0.39 is 0 Å². The zero-order chi connectivity index (χ0) is 11.4. The molecule has 0 aliphatic carbocycles. The van der Waals surface area contributed by atoms with Gasteiger partial charge in [0, 0.05) is 25.0 Å². The van der Waals surface area contributed by atoms with Gasteiger partial charge in [0.2, 0.25) is 0 Å². The molecule has 15 heavy (non-hydrogen) atoms. The molecule has 1 fully saturated rings. The van der Waals surface area contributed by atoms with E-state index in [1.165, 1.54) is 0 Å². The van der Waals surface area contributed by atoms with Gasteiger partial charge in [-0.05, 0) is 18.8 Å². The lowest BCUT2D eigenvalue weighted by Gasteiger charge is -2.23. The minimum atomic E-state index is -0.208. The molecule has 1 amide bonds. The molecular weight excluding hydrogens is 258 g/mol. The molecule has 0 spiro atoms. The summed E-state index contributed by atoms with van der Waals surface area (Å²) in [5.74, 6) is 0.495. The van der Waals surface area contributed by atoms with Crippen molar-refractivity contribution >= 4 is 21.8 Å². The summed E-state index contributed by atoms with van der Waals surface area (Å²) in [6.45, 7) is 5.68. The number of amides is 1. The van der Waals surface area contributed by atoms with Crippen molar-refractivity contribution in [2.75, 3.05) is 20.2 Å². The molecule has 1 aliphatic rings. The molecule has 3 nitrogen and oxygen atoms in total. The number of carbonyl (C=O) groups excluding carboxylic acids is 1. The summed E-state index contributed by atoms with van der Waals surface area (Å²) in [6, 6.07) is 0. The van der Waals surface area contributed by atoms with Crippen LogP contribution < -0.4 is 0 Å². The molecule has 3 atom stereocenters. The van der Waals surface area contributed by atoms with Crippen molar-refractivity contribution in [1.29, 1.82) is 0 Å². The summed E-state index contributed by atoms with van der Waals surface area (Å²) >= 11 is 3.48. The number of likely N-dealkylation sites (N-methyl/N-ethyl adjacent to an activating group) is 1. The Morgan fingerprint density at radius 2 is 2.33 bits per heavy atom. The van der Waals surface area contributed by atoms with Crippen LogP contribution in [0.2, 0.25) is 0 Å². The quantitative estimate of drug-likeness (QED) is 0.736. The van der Waals surface area contributed by atoms with Gasteiger partial charge in [-0.25, -0.2) is 0 Å². The van der Waals surface area contributed by atoms with Crippen molar-refractivity contribution in [2.24, 2.45) is 5.92 Å². The van der Waals surface area contributed by atoms with Crippen LogP contribution in [0.4, 0.5) is 0 Å². The molecule has 0 aromatic rings. The van der Waals surface area contributed by atoms with Gasteiger partial charge in [0.1, 0.15) is 6.10 Å². The van der Waals surface area contributed by atoms with Crippen LogP contribution in [0.1, 0.15) is 26.7 Å². The maximum absolute atomic E-state index is 12.0. The predicted octanol–water partition coefficient (Wildman–Crippen LogP) is 2.04. The number of ether oxygens (including phenoxy) is 1. The normalized spacial score (nSPS) is 27.7. The number of rotatable bonds is 4.